The number of morpholine rings is 1. The minimum Gasteiger partial charge on any atom is -0.381 e. The van der Waals surface area contributed by atoms with E-state index in [-0.39, 0.29) is 11.8 Å². The molecule has 0 unspecified atom stereocenters. The van der Waals surface area contributed by atoms with Crippen LogP contribution in [0, 0.1) is 17.8 Å². The van der Waals surface area contributed by atoms with Gasteiger partial charge in [0.1, 0.15) is 5.82 Å². The Morgan fingerprint density at radius 3 is 2.54 bits per heavy atom. The Morgan fingerprint density at radius 1 is 1.09 bits per heavy atom. The smallest absolute Gasteiger partial charge is 0.230 e. The molecule has 0 spiro atoms. The number of carbonyl (C=O) groups excluding carboxylic acids is 1. The van der Waals surface area contributed by atoms with Gasteiger partial charge in [-0.05, 0) is 74.6 Å². The number of benzene rings is 1. The summed E-state index contributed by atoms with van der Waals surface area (Å²) in [7, 11) is 1.86. The fourth-order valence-electron chi connectivity index (χ4n) is 6.24. The number of rotatable bonds is 5. The summed E-state index contributed by atoms with van der Waals surface area (Å²) in [5, 5.41) is 3.51. The van der Waals surface area contributed by atoms with Gasteiger partial charge in [-0.1, -0.05) is 6.07 Å². The van der Waals surface area contributed by atoms with E-state index in [1.165, 1.54) is 12.8 Å². The van der Waals surface area contributed by atoms with Crippen molar-refractivity contribution in [1.29, 1.82) is 0 Å². The molecule has 2 aromatic rings. The first-order chi connectivity index (χ1) is 17.2. The summed E-state index contributed by atoms with van der Waals surface area (Å²) in [6, 6.07) is 10.4. The van der Waals surface area contributed by atoms with Crippen molar-refractivity contribution in [3.63, 3.8) is 0 Å². The highest BCUT2D eigenvalue weighted by molar-refractivity contribution is 6.00. The molecule has 3 heterocycles. The fourth-order valence-corrected chi connectivity index (χ4v) is 6.24. The Labute approximate surface area is 207 Å². The van der Waals surface area contributed by atoms with E-state index in [0.29, 0.717) is 18.6 Å². The molecule has 1 aromatic carbocycles. The Balaban J connectivity index is 1.27. The molecule has 1 atom stereocenters. The SMILES string of the molecule is CO[C@H](C1CC1)[C@H]1CC[C@@H](C(=O)N2Cc3cccnc3Nc3ccc(N4CCOCC4)cc32)CC1. The predicted octanol–water partition coefficient (Wildman–Crippen LogP) is 4.74. The van der Waals surface area contributed by atoms with Crippen LogP contribution in [0.5, 0.6) is 0 Å². The first-order valence-corrected chi connectivity index (χ1v) is 13.2. The molecule has 1 amide bonds. The molecule has 1 N–H and O–H groups in total. The van der Waals surface area contributed by atoms with Gasteiger partial charge >= 0.3 is 0 Å². The first kappa shape index (κ1) is 22.8. The number of pyridine rings is 1. The van der Waals surface area contributed by atoms with Gasteiger partial charge in [-0.3, -0.25) is 4.79 Å². The van der Waals surface area contributed by atoms with E-state index in [9.17, 15) is 4.79 Å². The lowest BCUT2D eigenvalue weighted by molar-refractivity contribution is -0.124. The van der Waals surface area contributed by atoms with Crippen LogP contribution >= 0.6 is 0 Å². The number of nitrogens with zero attached hydrogens (tertiary/aromatic N) is 3. The third-order valence-corrected chi connectivity index (χ3v) is 8.33. The Hall–Kier alpha value is -2.64. The zero-order valence-corrected chi connectivity index (χ0v) is 20.6. The van der Waals surface area contributed by atoms with Crippen LogP contribution in [0.2, 0.25) is 0 Å². The number of aromatic nitrogens is 1. The fraction of sp³-hybridized carbons (Fsp3) is 0.571. The summed E-state index contributed by atoms with van der Waals surface area (Å²) in [5.41, 5.74) is 4.08. The van der Waals surface area contributed by atoms with Crippen LogP contribution in [0.1, 0.15) is 44.1 Å². The number of anilines is 4. The highest BCUT2D eigenvalue weighted by atomic mass is 16.5. The topological polar surface area (TPSA) is 66.9 Å². The van der Waals surface area contributed by atoms with Crippen molar-refractivity contribution < 1.29 is 14.3 Å². The van der Waals surface area contributed by atoms with Crippen LogP contribution in [0.4, 0.5) is 22.9 Å². The van der Waals surface area contributed by atoms with E-state index < -0.39 is 0 Å². The molecule has 35 heavy (non-hydrogen) atoms. The van der Waals surface area contributed by atoms with E-state index in [4.69, 9.17) is 9.47 Å². The summed E-state index contributed by atoms with van der Waals surface area (Å²) < 4.78 is 11.4. The van der Waals surface area contributed by atoms with Crippen LogP contribution in [-0.4, -0.2) is 50.4 Å². The van der Waals surface area contributed by atoms with E-state index in [1.807, 2.05) is 18.1 Å². The zero-order valence-electron chi connectivity index (χ0n) is 20.6. The van der Waals surface area contributed by atoms with Crippen LogP contribution in [0.3, 0.4) is 0 Å². The average molecular weight is 477 g/mol. The second kappa shape index (κ2) is 9.78. The van der Waals surface area contributed by atoms with E-state index >= 15 is 0 Å². The molecule has 4 aliphatic rings. The molecule has 2 aliphatic carbocycles. The van der Waals surface area contributed by atoms with Crippen LogP contribution in [0.15, 0.2) is 36.5 Å². The number of carbonyl (C=O) groups is 1. The maximum Gasteiger partial charge on any atom is 0.230 e. The van der Waals surface area contributed by atoms with Crippen molar-refractivity contribution in [3.8, 4) is 0 Å². The predicted molar refractivity (Wildman–Crippen MR) is 137 cm³/mol. The normalized spacial score (nSPS) is 25.2. The van der Waals surface area contributed by atoms with Gasteiger partial charge in [0.2, 0.25) is 5.91 Å². The lowest BCUT2D eigenvalue weighted by atomic mass is 9.77. The van der Waals surface area contributed by atoms with Gasteiger partial charge in [-0.25, -0.2) is 4.98 Å². The number of fused-ring (bicyclic) bond motifs is 2. The molecule has 186 valence electrons. The summed E-state index contributed by atoms with van der Waals surface area (Å²) >= 11 is 0. The molecule has 2 aliphatic heterocycles. The standard InChI is InChI=1S/C28H36N4O3/c1-34-26(19-4-5-19)20-6-8-21(9-7-20)28(33)32-18-22-3-2-12-29-27(22)30-24-11-10-23(17-25(24)32)31-13-15-35-16-14-31/h2-3,10-12,17,19-21,26H,4-9,13-16,18H2,1H3,(H,29,30)/t20-,21+,26-/m1/s1. The molecular formula is C28H36N4O3. The lowest BCUT2D eigenvalue weighted by Crippen LogP contribution is -2.39. The summed E-state index contributed by atoms with van der Waals surface area (Å²) in [4.78, 5) is 23.0. The summed E-state index contributed by atoms with van der Waals surface area (Å²) in [6.07, 6.45) is 8.83. The van der Waals surface area contributed by atoms with Gasteiger partial charge < -0.3 is 24.6 Å². The molecule has 3 fully saturated rings. The Kier molecular flexibility index (Phi) is 6.37. The minimum absolute atomic E-state index is 0.0565. The van der Waals surface area contributed by atoms with Gasteiger partial charge in [0.25, 0.3) is 0 Å². The molecule has 2 saturated carbocycles. The summed E-state index contributed by atoms with van der Waals surface area (Å²) in [6.45, 7) is 3.75. The number of ether oxygens (including phenoxy) is 2. The maximum atomic E-state index is 14.1. The quantitative estimate of drug-likeness (QED) is 0.672. The number of nitrogens with one attached hydrogen (secondary N) is 1. The van der Waals surface area contributed by atoms with Crippen LogP contribution < -0.4 is 15.1 Å². The van der Waals surface area contributed by atoms with Crippen LogP contribution in [-0.2, 0) is 20.8 Å². The van der Waals surface area contributed by atoms with E-state index in [2.05, 4.69) is 39.5 Å². The van der Waals surface area contributed by atoms with Crippen molar-refractivity contribution >= 4 is 28.8 Å². The second-order valence-electron chi connectivity index (χ2n) is 10.5. The molecule has 6 rings (SSSR count). The van der Waals surface area contributed by atoms with Crippen molar-refractivity contribution in [2.75, 3.05) is 48.5 Å². The van der Waals surface area contributed by atoms with Crippen LogP contribution in [0.25, 0.3) is 0 Å². The Bertz CT molecular complexity index is 1060. The molecule has 0 radical (unpaired) electrons. The van der Waals surface area contributed by atoms with Crippen molar-refractivity contribution in [1.82, 2.24) is 4.98 Å². The number of methoxy groups -OCH3 is 1. The number of hydrogen-bond acceptors (Lipinski definition) is 6. The van der Waals surface area contributed by atoms with E-state index in [1.54, 1.807) is 6.20 Å². The maximum absolute atomic E-state index is 14.1. The van der Waals surface area contributed by atoms with Gasteiger partial charge in [-0.2, -0.15) is 0 Å². The second-order valence-corrected chi connectivity index (χ2v) is 10.5. The van der Waals surface area contributed by atoms with Crippen molar-refractivity contribution in [2.45, 2.75) is 51.2 Å². The van der Waals surface area contributed by atoms with Gasteiger partial charge in [-0.15, -0.1) is 0 Å². The third-order valence-electron chi connectivity index (χ3n) is 8.33. The van der Waals surface area contributed by atoms with Gasteiger partial charge in [0, 0.05) is 43.6 Å². The van der Waals surface area contributed by atoms with E-state index in [0.717, 1.165) is 86.3 Å². The average Bonchev–Trinajstić information content (AvgIpc) is 3.76. The Morgan fingerprint density at radius 2 is 1.83 bits per heavy atom. The van der Waals surface area contributed by atoms with Crippen molar-refractivity contribution in [2.24, 2.45) is 17.8 Å². The molecule has 0 bridgehead atoms. The molecule has 1 aromatic heterocycles. The summed E-state index contributed by atoms with van der Waals surface area (Å²) in [5.74, 6) is 2.46. The van der Waals surface area contributed by atoms with Crippen molar-refractivity contribution in [3.05, 3.63) is 42.1 Å². The highest BCUT2D eigenvalue weighted by Crippen LogP contribution is 2.44. The molecule has 7 nitrogen and oxygen atoms in total. The zero-order chi connectivity index (χ0) is 23.8. The monoisotopic (exact) mass is 476 g/mol. The van der Waals surface area contributed by atoms with Gasteiger partial charge in [0.05, 0.1) is 37.2 Å². The molecular weight excluding hydrogens is 440 g/mol. The minimum atomic E-state index is 0.0565. The highest BCUT2D eigenvalue weighted by Gasteiger charge is 2.40. The number of amides is 1. The first-order valence-electron chi connectivity index (χ1n) is 13.2. The van der Waals surface area contributed by atoms with Gasteiger partial charge in [0.15, 0.2) is 0 Å². The largest absolute Gasteiger partial charge is 0.381 e. The molecule has 1 saturated heterocycles. The lowest BCUT2D eigenvalue weighted by Gasteiger charge is -2.35. The third kappa shape index (κ3) is 4.64. The molecule has 7 heteroatoms. The number of hydrogen-bond donors (Lipinski definition) is 1.